The first-order chi connectivity index (χ1) is 6.45. The van der Waals surface area contributed by atoms with Gasteiger partial charge in [-0.15, -0.1) is 0 Å². The summed E-state index contributed by atoms with van der Waals surface area (Å²) in [5.41, 5.74) is -0.954. The summed E-state index contributed by atoms with van der Waals surface area (Å²) >= 11 is 10.8. The number of nitro groups is 1. The summed E-state index contributed by atoms with van der Waals surface area (Å²) in [6.07, 6.45) is -2.23. The lowest BCUT2D eigenvalue weighted by Gasteiger charge is -2.03. The van der Waals surface area contributed by atoms with Gasteiger partial charge in [-0.25, -0.2) is 8.78 Å². The van der Waals surface area contributed by atoms with Crippen LogP contribution in [0.3, 0.4) is 0 Å². The fraction of sp³-hybridized carbons (Fsp3) is 0.167. The normalized spacial score (nSPS) is 10.6. The Bertz CT molecular complexity index is 386. The van der Waals surface area contributed by atoms with E-state index in [0.717, 1.165) is 6.20 Å². The lowest BCUT2D eigenvalue weighted by Crippen LogP contribution is -2.00. The van der Waals surface area contributed by atoms with Gasteiger partial charge < -0.3 is 10.1 Å². The molecule has 1 aromatic heterocycles. The Morgan fingerprint density at radius 3 is 2.50 bits per heavy atom. The highest BCUT2D eigenvalue weighted by Crippen LogP contribution is 2.37. The molecule has 0 aliphatic rings. The van der Waals surface area contributed by atoms with E-state index in [1.54, 1.807) is 0 Å². The van der Waals surface area contributed by atoms with Crippen LogP contribution in [-0.4, -0.2) is 9.91 Å². The second-order valence-corrected chi connectivity index (χ2v) is 3.00. The van der Waals surface area contributed by atoms with Gasteiger partial charge in [-0.3, -0.25) is 0 Å². The van der Waals surface area contributed by atoms with Crippen LogP contribution in [0, 0.1) is 10.1 Å². The van der Waals surface area contributed by atoms with Crippen molar-refractivity contribution in [2.45, 2.75) is 6.43 Å². The Labute approximate surface area is 86.6 Å². The summed E-state index contributed by atoms with van der Waals surface area (Å²) in [6, 6.07) is 0. The van der Waals surface area contributed by atoms with Crippen LogP contribution < -0.4 is 0 Å². The third-order valence-corrected chi connectivity index (χ3v) is 2.17. The second kappa shape index (κ2) is 4.02. The average molecular weight is 243 g/mol. The molecule has 0 saturated carbocycles. The molecule has 8 heteroatoms. The fourth-order valence-electron chi connectivity index (χ4n) is 0.810. The topological polar surface area (TPSA) is 56.0 Å². The highest BCUT2D eigenvalue weighted by molar-refractivity contribution is 6.42. The van der Waals surface area contributed by atoms with Gasteiger partial charge in [-0.2, -0.15) is 0 Å². The molecule has 14 heavy (non-hydrogen) atoms. The van der Waals surface area contributed by atoms with E-state index in [0.29, 0.717) is 0 Å². The number of alkyl halides is 2. The van der Waals surface area contributed by atoms with Gasteiger partial charge in [0.15, 0.2) is 6.20 Å². The van der Waals surface area contributed by atoms with Crippen molar-refractivity contribution in [1.29, 1.82) is 0 Å². The van der Waals surface area contributed by atoms with Crippen molar-refractivity contribution in [3.63, 3.8) is 0 Å². The maximum absolute atomic E-state index is 12.3. The first-order valence-corrected chi connectivity index (χ1v) is 3.97. The van der Waals surface area contributed by atoms with Crippen molar-refractivity contribution >= 4 is 29.0 Å². The van der Waals surface area contributed by atoms with E-state index in [4.69, 9.17) is 23.2 Å². The van der Waals surface area contributed by atoms with Crippen molar-refractivity contribution in [2.24, 2.45) is 0 Å². The quantitative estimate of drug-likeness (QED) is 0.591. The van der Waals surface area contributed by atoms with Crippen molar-refractivity contribution in [3.05, 3.63) is 31.9 Å². The molecule has 0 unspecified atom stereocenters. The average Bonchev–Trinajstić information content (AvgIpc) is 2.08. The SMILES string of the molecule is O=[N+]([O-])c1ncc(Cl)c(Cl)c1C(F)F. The molecule has 1 aromatic rings. The van der Waals surface area contributed by atoms with Crippen LogP contribution in [-0.2, 0) is 0 Å². The third-order valence-electron chi connectivity index (χ3n) is 1.38. The van der Waals surface area contributed by atoms with E-state index >= 15 is 0 Å². The van der Waals surface area contributed by atoms with E-state index < -0.39 is 27.8 Å². The van der Waals surface area contributed by atoms with Gasteiger partial charge in [0.05, 0.1) is 5.02 Å². The minimum absolute atomic E-state index is 0.243. The molecule has 0 N–H and O–H groups in total. The minimum Gasteiger partial charge on any atom is -0.358 e. The summed E-state index contributed by atoms with van der Waals surface area (Å²) in [7, 11) is 0. The number of hydrogen-bond donors (Lipinski definition) is 0. The zero-order valence-corrected chi connectivity index (χ0v) is 7.89. The Hall–Kier alpha value is -1.01. The Balaban J connectivity index is 3.45. The number of halogens is 4. The van der Waals surface area contributed by atoms with Crippen LogP contribution in [0.2, 0.25) is 10.0 Å². The van der Waals surface area contributed by atoms with Crippen molar-refractivity contribution in [2.75, 3.05) is 0 Å². The number of rotatable bonds is 2. The van der Waals surface area contributed by atoms with Gasteiger partial charge in [0.1, 0.15) is 10.6 Å². The molecule has 0 aromatic carbocycles. The maximum Gasteiger partial charge on any atom is 0.374 e. The van der Waals surface area contributed by atoms with E-state index in [1.165, 1.54) is 0 Å². The lowest BCUT2D eigenvalue weighted by atomic mass is 10.2. The molecule has 1 rings (SSSR count). The molecule has 0 radical (unpaired) electrons. The minimum atomic E-state index is -3.09. The predicted octanol–water partition coefficient (Wildman–Crippen LogP) is 3.23. The van der Waals surface area contributed by atoms with Gasteiger partial charge in [-0.1, -0.05) is 23.2 Å². The van der Waals surface area contributed by atoms with Gasteiger partial charge in [0.25, 0.3) is 6.43 Å². The van der Waals surface area contributed by atoms with E-state index in [2.05, 4.69) is 4.98 Å². The molecule has 0 spiro atoms. The Morgan fingerprint density at radius 1 is 1.50 bits per heavy atom. The van der Waals surface area contributed by atoms with E-state index in [1.807, 2.05) is 0 Å². The number of pyridine rings is 1. The van der Waals surface area contributed by atoms with Crippen LogP contribution >= 0.6 is 23.2 Å². The molecule has 0 aliphatic heterocycles. The smallest absolute Gasteiger partial charge is 0.358 e. The fourth-order valence-corrected chi connectivity index (χ4v) is 1.18. The zero-order valence-electron chi connectivity index (χ0n) is 6.38. The number of hydrogen-bond acceptors (Lipinski definition) is 3. The highest BCUT2D eigenvalue weighted by Gasteiger charge is 2.28. The summed E-state index contributed by atoms with van der Waals surface area (Å²) in [4.78, 5) is 12.4. The monoisotopic (exact) mass is 242 g/mol. The molecule has 4 nitrogen and oxygen atoms in total. The Kier molecular flexibility index (Phi) is 3.17. The largest absolute Gasteiger partial charge is 0.374 e. The van der Waals surface area contributed by atoms with Crippen molar-refractivity contribution in [3.8, 4) is 0 Å². The molecule has 0 fully saturated rings. The molecular formula is C6H2Cl2F2N2O2. The zero-order chi connectivity index (χ0) is 10.9. The molecule has 1 heterocycles. The summed E-state index contributed by atoms with van der Waals surface area (Å²) in [5.74, 6) is -0.977. The molecule has 0 aliphatic carbocycles. The number of aromatic nitrogens is 1. The standard InChI is InChI=1S/C6H2Cl2F2N2O2/c7-2-1-11-6(12(13)14)3(4(2)8)5(9)10/h1,5H. The van der Waals surface area contributed by atoms with Crippen LogP contribution in [0.4, 0.5) is 14.6 Å². The van der Waals surface area contributed by atoms with Crippen LogP contribution in [0.25, 0.3) is 0 Å². The molecule has 0 bridgehead atoms. The van der Waals surface area contributed by atoms with E-state index in [9.17, 15) is 18.9 Å². The van der Waals surface area contributed by atoms with Gasteiger partial charge in [0, 0.05) is 0 Å². The summed E-state index contributed by atoms with van der Waals surface area (Å²) < 4.78 is 24.7. The predicted molar refractivity (Wildman–Crippen MR) is 45.9 cm³/mol. The van der Waals surface area contributed by atoms with Gasteiger partial charge in [0.2, 0.25) is 0 Å². The molecular weight excluding hydrogens is 241 g/mol. The number of nitrogens with zero attached hydrogens (tertiary/aromatic N) is 2. The summed E-state index contributed by atoms with van der Waals surface area (Å²) in [6.45, 7) is 0. The molecule has 76 valence electrons. The lowest BCUT2D eigenvalue weighted by molar-refractivity contribution is -0.391. The highest BCUT2D eigenvalue weighted by atomic mass is 35.5. The van der Waals surface area contributed by atoms with Crippen molar-refractivity contribution < 1.29 is 13.7 Å². The van der Waals surface area contributed by atoms with Crippen LogP contribution in [0.15, 0.2) is 6.20 Å². The van der Waals surface area contributed by atoms with Crippen LogP contribution in [0.1, 0.15) is 12.0 Å². The van der Waals surface area contributed by atoms with Gasteiger partial charge in [-0.05, 0) is 9.91 Å². The molecule has 0 atom stereocenters. The molecule has 0 saturated heterocycles. The maximum atomic E-state index is 12.3. The first-order valence-electron chi connectivity index (χ1n) is 3.21. The van der Waals surface area contributed by atoms with Gasteiger partial charge >= 0.3 is 5.82 Å². The van der Waals surface area contributed by atoms with Crippen LogP contribution in [0.5, 0.6) is 0 Å². The van der Waals surface area contributed by atoms with E-state index in [-0.39, 0.29) is 5.02 Å². The first kappa shape index (κ1) is 11.1. The molecule has 0 amide bonds. The third kappa shape index (κ3) is 1.91. The van der Waals surface area contributed by atoms with Crippen molar-refractivity contribution in [1.82, 2.24) is 4.98 Å². The second-order valence-electron chi connectivity index (χ2n) is 2.22. The summed E-state index contributed by atoms with van der Waals surface area (Å²) in [5, 5.41) is 9.52. The Morgan fingerprint density at radius 2 is 2.07 bits per heavy atom.